The lowest BCUT2D eigenvalue weighted by molar-refractivity contribution is 0.669. The van der Waals surface area contributed by atoms with E-state index in [0.717, 1.165) is 66.2 Å². The van der Waals surface area contributed by atoms with Crippen LogP contribution in [0.5, 0.6) is 0 Å². The van der Waals surface area contributed by atoms with Crippen LogP contribution in [0.15, 0.2) is 156 Å². The molecule has 0 bridgehead atoms. The van der Waals surface area contributed by atoms with E-state index in [1.807, 2.05) is 30.3 Å². The molecule has 10 rings (SSSR count). The molecule has 10 aromatic rings. The second kappa shape index (κ2) is 9.71. The van der Waals surface area contributed by atoms with E-state index >= 15 is 0 Å². The summed E-state index contributed by atoms with van der Waals surface area (Å²) in [4.78, 5) is 0. The summed E-state index contributed by atoms with van der Waals surface area (Å²) in [7, 11) is 0. The third kappa shape index (κ3) is 3.63. The maximum atomic E-state index is 10.5. The van der Waals surface area contributed by atoms with Crippen molar-refractivity contribution in [3.63, 3.8) is 0 Å². The SMILES string of the molecule is N#Cc1cccc(-c2ccc(-n3c4ccccc4c4ccccc43)cc2)c1-n1c2ccccc2c2cc3oc4ccccc4c3cc21. The zero-order chi connectivity index (χ0) is 31.1. The molecule has 0 N–H and O–H groups in total. The Bertz CT molecular complexity index is 2860. The Kier molecular flexibility index (Phi) is 5.32. The van der Waals surface area contributed by atoms with Gasteiger partial charge in [0.25, 0.3) is 0 Å². The van der Waals surface area contributed by atoms with E-state index < -0.39 is 0 Å². The number of furan rings is 1. The molecule has 0 saturated carbocycles. The average Bonchev–Trinajstić information content (AvgIpc) is 3.78. The molecule has 3 heterocycles. The van der Waals surface area contributed by atoms with Crippen molar-refractivity contribution < 1.29 is 4.42 Å². The molecular formula is C43H25N3O. The molecule has 0 fully saturated rings. The Morgan fingerprint density at radius 3 is 1.72 bits per heavy atom. The number of para-hydroxylation sites is 5. The fourth-order valence-corrected chi connectivity index (χ4v) is 7.53. The van der Waals surface area contributed by atoms with Crippen LogP contribution in [0.2, 0.25) is 0 Å². The van der Waals surface area contributed by atoms with Crippen molar-refractivity contribution in [2.75, 3.05) is 0 Å². The molecule has 0 amide bonds. The normalized spacial score (nSPS) is 11.8. The van der Waals surface area contributed by atoms with Crippen LogP contribution in [0, 0.1) is 11.3 Å². The van der Waals surface area contributed by atoms with Gasteiger partial charge in [-0.2, -0.15) is 5.26 Å². The topological polar surface area (TPSA) is 46.8 Å². The fraction of sp³-hybridized carbons (Fsp3) is 0. The smallest absolute Gasteiger partial charge is 0.136 e. The minimum absolute atomic E-state index is 0.619. The number of nitrogens with zero attached hydrogens (tertiary/aromatic N) is 3. The average molecular weight is 600 g/mol. The lowest BCUT2D eigenvalue weighted by atomic mass is 9.99. The van der Waals surface area contributed by atoms with Gasteiger partial charge in [0.1, 0.15) is 17.2 Å². The molecule has 4 heteroatoms. The van der Waals surface area contributed by atoms with E-state index in [4.69, 9.17) is 4.42 Å². The predicted octanol–water partition coefficient (Wildman–Crippen LogP) is 11.3. The van der Waals surface area contributed by atoms with Crippen LogP contribution in [-0.4, -0.2) is 9.13 Å². The van der Waals surface area contributed by atoms with Crippen molar-refractivity contribution in [3.05, 3.63) is 157 Å². The van der Waals surface area contributed by atoms with Gasteiger partial charge in [-0.15, -0.1) is 0 Å². The van der Waals surface area contributed by atoms with Crippen molar-refractivity contribution in [2.24, 2.45) is 0 Å². The summed E-state index contributed by atoms with van der Waals surface area (Å²) in [5.41, 5.74) is 10.8. The van der Waals surface area contributed by atoms with Gasteiger partial charge in [-0.25, -0.2) is 0 Å². The molecule has 7 aromatic carbocycles. The minimum Gasteiger partial charge on any atom is -0.456 e. The van der Waals surface area contributed by atoms with Gasteiger partial charge in [0.2, 0.25) is 0 Å². The maximum Gasteiger partial charge on any atom is 0.136 e. The van der Waals surface area contributed by atoms with E-state index in [9.17, 15) is 5.26 Å². The standard InChI is InChI=1S/C43H25N3O/c44-26-28-10-9-15-30(27-20-22-29(23-21-27)45-37-16-5-1-11-31(37)32-12-2-6-17-38(32)45)43(28)46-39-18-7-3-13-33(39)35-25-42-36(24-40(35)46)34-14-4-8-19-41(34)47-42/h1-25H. The van der Waals surface area contributed by atoms with Gasteiger partial charge >= 0.3 is 0 Å². The number of aromatic nitrogens is 2. The van der Waals surface area contributed by atoms with E-state index in [1.54, 1.807) is 0 Å². The molecule has 218 valence electrons. The molecule has 0 spiro atoms. The van der Waals surface area contributed by atoms with Crippen molar-refractivity contribution in [1.82, 2.24) is 9.13 Å². The number of hydrogen-bond donors (Lipinski definition) is 0. The number of hydrogen-bond acceptors (Lipinski definition) is 2. The molecule has 47 heavy (non-hydrogen) atoms. The Labute approximate surface area is 269 Å². The number of nitriles is 1. The highest BCUT2D eigenvalue weighted by molar-refractivity contribution is 6.17. The van der Waals surface area contributed by atoms with Crippen molar-refractivity contribution in [1.29, 1.82) is 5.26 Å². The second-order valence-electron chi connectivity index (χ2n) is 12.0. The van der Waals surface area contributed by atoms with Crippen molar-refractivity contribution in [2.45, 2.75) is 0 Å². The molecule has 0 saturated heterocycles. The van der Waals surface area contributed by atoms with Crippen LogP contribution in [0.4, 0.5) is 0 Å². The van der Waals surface area contributed by atoms with Crippen LogP contribution in [0.3, 0.4) is 0 Å². The molecule has 0 aliphatic heterocycles. The molecule has 0 unspecified atom stereocenters. The van der Waals surface area contributed by atoms with Gasteiger partial charge in [-0.05, 0) is 60.2 Å². The first-order valence-electron chi connectivity index (χ1n) is 15.8. The van der Waals surface area contributed by atoms with E-state index in [1.165, 1.54) is 21.8 Å². The minimum atomic E-state index is 0.619. The van der Waals surface area contributed by atoms with E-state index in [2.05, 4.69) is 137 Å². The molecule has 0 aliphatic rings. The van der Waals surface area contributed by atoms with Gasteiger partial charge in [-0.3, -0.25) is 0 Å². The first-order chi connectivity index (χ1) is 23.3. The fourth-order valence-electron chi connectivity index (χ4n) is 7.53. The highest BCUT2D eigenvalue weighted by Crippen LogP contribution is 2.41. The summed E-state index contributed by atoms with van der Waals surface area (Å²) in [6.45, 7) is 0. The quantitative estimate of drug-likeness (QED) is 0.203. The van der Waals surface area contributed by atoms with Crippen molar-refractivity contribution >= 4 is 65.6 Å². The number of rotatable bonds is 3. The molecular weight excluding hydrogens is 574 g/mol. The lowest BCUT2D eigenvalue weighted by Crippen LogP contribution is -2.01. The molecule has 0 radical (unpaired) electrons. The largest absolute Gasteiger partial charge is 0.456 e. The highest BCUT2D eigenvalue weighted by atomic mass is 16.3. The summed E-state index contributed by atoms with van der Waals surface area (Å²) >= 11 is 0. The van der Waals surface area contributed by atoms with E-state index in [-0.39, 0.29) is 0 Å². The zero-order valence-corrected chi connectivity index (χ0v) is 25.2. The second-order valence-corrected chi connectivity index (χ2v) is 12.0. The lowest BCUT2D eigenvalue weighted by Gasteiger charge is -2.16. The third-order valence-corrected chi connectivity index (χ3v) is 9.57. The Balaban J connectivity index is 1.22. The first-order valence-corrected chi connectivity index (χ1v) is 15.8. The summed E-state index contributed by atoms with van der Waals surface area (Å²) in [6.07, 6.45) is 0. The van der Waals surface area contributed by atoms with Crippen LogP contribution in [0.1, 0.15) is 5.56 Å². The van der Waals surface area contributed by atoms with Crippen molar-refractivity contribution in [3.8, 4) is 28.6 Å². The van der Waals surface area contributed by atoms with Crippen LogP contribution in [-0.2, 0) is 0 Å². The highest BCUT2D eigenvalue weighted by Gasteiger charge is 2.21. The van der Waals surface area contributed by atoms with Crippen LogP contribution < -0.4 is 0 Å². The summed E-state index contributed by atoms with van der Waals surface area (Å²) in [6, 6.07) is 55.3. The number of fused-ring (bicyclic) bond motifs is 9. The van der Waals surface area contributed by atoms with Gasteiger partial charge in [0.05, 0.1) is 33.3 Å². The van der Waals surface area contributed by atoms with E-state index in [0.29, 0.717) is 5.56 Å². The summed E-state index contributed by atoms with van der Waals surface area (Å²) in [5.74, 6) is 0. The molecule has 0 atom stereocenters. The van der Waals surface area contributed by atoms with Gasteiger partial charge in [0.15, 0.2) is 0 Å². The zero-order valence-electron chi connectivity index (χ0n) is 25.2. The first kappa shape index (κ1) is 25.7. The summed E-state index contributed by atoms with van der Waals surface area (Å²) < 4.78 is 10.9. The monoisotopic (exact) mass is 599 g/mol. The Morgan fingerprint density at radius 2 is 1.04 bits per heavy atom. The molecule has 3 aromatic heterocycles. The van der Waals surface area contributed by atoms with Gasteiger partial charge in [-0.1, -0.05) is 97.1 Å². The van der Waals surface area contributed by atoms with Gasteiger partial charge < -0.3 is 13.6 Å². The number of benzene rings is 7. The predicted molar refractivity (Wildman–Crippen MR) is 193 cm³/mol. The molecule has 0 aliphatic carbocycles. The van der Waals surface area contributed by atoms with Crippen LogP contribution in [0.25, 0.3) is 88.1 Å². The van der Waals surface area contributed by atoms with Crippen LogP contribution >= 0.6 is 0 Å². The molecule has 4 nitrogen and oxygen atoms in total. The summed E-state index contributed by atoms with van der Waals surface area (Å²) in [5, 5.41) is 17.3. The third-order valence-electron chi connectivity index (χ3n) is 9.57. The maximum absolute atomic E-state index is 10.5. The Hall–Kier alpha value is -6.57. The Morgan fingerprint density at radius 1 is 0.447 bits per heavy atom. The van der Waals surface area contributed by atoms with Gasteiger partial charge in [0, 0.05) is 43.6 Å².